The highest BCUT2D eigenvalue weighted by Crippen LogP contribution is 2.28. The standard InChI is InChI=1S/C20H24F3N3O2/c1-15-2-5-18(6-3-15)28-14-17(27)13-25-8-10-26(11-9-25)19-7-4-16(12-24-19)20(21,22)23/h2-7,12,17,27H,8-11,13-14H2,1H3/p+2/t17-/m0/s1. The van der Waals surface area contributed by atoms with Crippen LogP contribution in [0.25, 0.3) is 0 Å². The molecule has 0 amide bonds. The van der Waals surface area contributed by atoms with Crippen molar-refractivity contribution in [3.05, 3.63) is 53.7 Å². The maximum Gasteiger partial charge on any atom is 0.419 e. The number of hydrogen-bond donors (Lipinski definition) is 2. The summed E-state index contributed by atoms with van der Waals surface area (Å²) >= 11 is 0. The molecule has 5 nitrogen and oxygen atoms in total. The topological polar surface area (TPSA) is 51.3 Å². The number of aromatic amines is 1. The predicted molar refractivity (Wildman–Crippen MR) is 98.5 cm³/mol. The van der Waals surface area contributed by atoms with Crippen LogP contribution in [0.3, 0.4) is 0 Å². The minimum atomic E-state index is -4.34. The number of piperazine rings is 1. The summed E-state index contributed by atoms with van der Waals surface area (Å²) in [5.41, 5.74) is 0.470. The molecule has 28 heavy (non-hydrogen) atoms. The molecule has 1 aromatic heterocycles. The number of halogens is 3. The van der Waals surface area contributed by atoms with Gasteiger partial charge in [-0.1, -0.05) is 17.7 Å². The molecular weight excluding hydrogens is 371 g/mol. The maximum absolute atomic E-state index is 12.7. The number of rotatable bonds is 6. The molecule has 1 aromatic carbocycles. The number of pyridine rings is 1. The Morgan fingerprint density at radius 2 is 1.82 bits per heavy atom. The van der Waals surface area contributed by atoms with Crippen molar-refractivity contribution in [3.63, 3.8) is 0 Å². The van der Waals surface area contributed by atoms with Crippen LogP contribution in [0, 0.1) is 6.92 Å². The van der Waals surface area contributed by atoms with E-state index < -0.39 is 17.8 Å². The molecule has 2 heterocycles. The summed E-state index contributed by atoms with van der Waals surface area (Å²) in [5, 5.41) is 10.2. The van der Waals surface area contributed by atoms with Gasteiger partial charge in [0.25, 0.3) is 5.82 Å². The second kappa shape index (κ2) is 8.79. The number of nitrogens with one attached hydrogen (secondary N) is 2. The van der Waals surface area contributed by atoms with Gasteiger partial charge in [-0.2, -0.15) is 13.2 Å². The number of H-pyrrole nitrogens is 1. The molecule has 1 fully saturated rings. The largest absolute Gasteiger partial charge is 0.491 e. The summed E-state index contributed by atoms with van der Waals surface area (Å²) in [5.74, 6) is 1.41. The third-order valence-corrected chi connectivity index (χ3v) is 4.92. The number of hydrogen-bond acceptors (Lipinski definition) is 3. The summed E-state index contributed by atoms with van der Waals surface area (Å²) in [6, 6.07) is 10.3. The number of aliphatic hydroxyl groups excluding tert-OH is 1. The van der Waals surface area contributed by atoms with Gasteiger partial charge in [0.1, 0.15) is 57.4 Å². The van der Waals surface area contributed by atoms with E-state index in [2.05, 4.69) is 4.98 Å². The zero-order valence-corrected chi connectivity index (χ0v) is 15.8. The van der Waals surface area contributed by atoms with Gasteiger partial charge in [-0.05, 0) is 25.1 Å². The summed E-state index contributed by atoms with van der Waals surface area (Å²) in [4.78, 5) is 6.02. The summed E-state index contributed by atoms with van der Waals surface area (Å²) < 4.78 is 43.6. The van der Waals surface area contributed by atoms with E-state index in [4.69, 9.17) is 4.74 Å². The average molecular weight is 397 g/mol. The molecular formula is C20H26F3N3O2+2. The second-order valence-corrected chi connectivity index (χ2v) is 7.18. The van der Waals surface area contributed by atoms with Crippen molar-refractivity contribution in [3.8, 4) is 5.75 Å². The molecule has 0 unspecified atom stereocenters. The number of aliphatic hydroxyl groups is 1. The number of aromatic nitrogens is 1. The maximum atomic E-state index is 12.7. The van der Waals surface area contributed by atoms with Gasteiger partial charge >= 0.3 is 6.18 Å². The summed E-state index contributed by atoms with van der Waals surface area (Å²) in [6.07, 6.45) is -3.91. The molecule has 3 rings (SSSR count). The molecule has 1 saturated heterocycles. The zero-order chi connectivity index (χ0) is 20.1. The SMILES string of the molecule is Cc1ccc(OC[C@@H](O)C[NH+]2CCN(c3ccc(C(F)(F)F)c[nH+]3)CC2)cc1. The first-order valence-corrected chi connectivity index (χ1v) is 9.36. The van der Waals surface area contributed by atoms with Gasteiger partial charge in [0, 0.05) is 6.07 Å². The van der Waals surface area contributed by atoms with Gasteiger partial charge in [0.15, 0.2) is 0 Å². The Hall–Kier alpha value is -2.32. The third-order valence-electron chi connectivity index (χ3n) is 4.92. The number of aryl methyl sites for hydroxylation is 1. The van der Waals surface area contributed by atoms with Gasteiger partial charge in [0.05, 0.1) is 5.56 Å². The first kappa shape index (κ1) is 20.4. The first-order chi connectivity index (χ1) is 13.3. The highest BCUT2D eigenvalue weighted by molar-refractivity contribution is 5.34. The quantitative estimate of drug-likeness (QED) is 0.764. The van der Waals surface area contributed by atoms with Crippen LogP contribution in [0.5, 0.6) is 5.75 Å². The van der Waals surface area contributed by atoms with Crippen molar-refractivity contribution in [1.82, 2.24) is 0 Å². The van der Waals surface area contributed by atoms with E-state index in [-0.39, 0.29) is 6.61 Å². The molecule has 0 radical (unpaired) electrons. The van der Waals surface area contributed by atoms with Crippen LogP contribution in [0.4, 0.5) is 19.0 Å². The van der Waals surface area contributed by atoms with E-state index in [1.807, 2.05) is 36.1 Å². The van der Waals surface area contributed by atoms with Crippen molar-refractivity contribution in [1.29, 1.82) is 0 Å². The van der Waals surface area contributed by atoms with E-state index in [9.17, 15) is 18.3 Å². The average Bonchev–Trinajstić information content (AvgIpc) is 2.68. The monoisotopic (exact) mass is 397 g/mol. The summed E-state index contributed by atoms with van der Waals surface area (Å²) in [7, 11) is 0. The number of ether oxygens (including phenoxy) is 1. The molecule has 0 saturated carbocycles. The Labute approximate surface area is 162 Å². The smallest absolute Gasteiger partial charge is 0.419 e. The van der Waals surface area contributed by atoms with E-state index >= 15 is 0 Å². The van der Waals surface area contributed by atoms with Crippen LogP contribution < -0.4 is 19.5 Å². The van der Waals surface area contributed by atoms with Crippen molar-refractivity contribution < 1.29 is 32.9 Å². The minimum absolute atomic E-state index is 0.239. The van der Waals surface area contributed by atoms with Crippen LogP contribution in [0.2, 0.25) is 0 Å². The van der Waals surface area contributed by atoms with E-state index in [1.54, 1.807) is 0 Å². The van der Waals surface area contributed by atoms with Gasteiger partial charge in [-0.15, -0.1) is 0 Å². The number of benzene rings is 1. The normalized spacial score (nSPS) is 16.8. The summed E-state index contributed by atoms with van der Waals surface area (Å²) in [6.45, 7) is 5.85. The highest BCUT2D eigenvalue weighted by Gasteiger charge is 2.33. The molecule has 8 heteroatoms. The fourth-order valence-corrected chi connectivity index (χ4v) is 3.28. The number of quaternary nitrogens is 1. The number of nitrogens with zero attached hydrogens (tertiary/aromatic N) is 1. The minimum Gasteiger partial charge on any atom is -0.491 e. The Bertz CT molecular complexity index is 743. The van der Waals surface area contributed by atoms with Crippen molar-refractivity contribution >= 4 is 5.82 Å². The van der Waals surface area contributed by atoms with Gasteiger partial charge in [-0.3, -0.25) is 4.90 Å². The lowest BCUT2D eigenvalue weighted by Gasteiger charge is -2.29. The van der Waals surface area contributed by atoms with E-state index in [1.165, 1.54) is 11.0 Å². The Balaban J connectivity index is 1.42. The fraction of sp³-hybridized carbons (Fsp3) is 0.450. The molecule has 0 aliphatic carbocycles. The fourth-order valence-electron chi connectivity index (χ4n) is 3.28. The third kappa shape index (κ3) is 5.59. The van der Waals surface area contributed by atoms with Crippen molar-refractivity contribution in [2.24, 2.45) is 0 Å². The molecule has 0 spiro atoms. The molecule has 1 aliphatic rings. The lowest BCUT2D eigenvalue weighted by atomic mass is 10.2. The second-order valence-electron chi connectivity index (χ2n) is 7.18. The number of alkyl halides is 3. The van der Waals surface area contributed by atoms with E-state index in [0.29, 0.717) is 25.5 Å². The molecule has 1 aliphatic heterocycles. The lowest BCUT2D eigenvalue weighted by Crippen LogP contribution is -3.16. The van der Waals surface area contributed by atoms with Gasteiger partial charge in [0.2, 0.25) is 0 Å². The highest BCUT2D eigenvalue weighted by atomic mass is 19.4. The first-order valence-electron chi connectivity index (χ1n) is 9.36. The van der Waals surface area contributed by atoms with Gasteiger partial charge < -0.3 is 14.7 Å². The molecule has 152 valence electrons. The molecule has 2 aromatic rings. The van der Waals surface area contributed by atoms with Crippen molar-refractivity contribution in [2.75, 3.05) is 44.2 Å². The van der Waals surface area contributed by atoms with Crippen LogP contribution in [-0.4, -0.2) is 50.5 Å². The Kier molecular flexibility index (Phi) is 6.41. The molecule has 1 atom stereocenters. The van der Waals surface area contributed by atoms with Crippen LogP contribution in [0.15, 0.2) is 42.6 Å². The van der Waals surface area contributed by atoms with Crippen LogP contribution in [-0.2, 0) is 6.18 Å². The van der Waals surface area contributed by atoms with Crippen LogP contribution in [0.1, 0.15) is 11.1 Å². The van der Waals surface area contributed by atoms with Crippen molar-refractivity contribution in [2.45, 2.75) is 19.2 Å². The molecule has 0 bridgehead atoms. The Morgan fingerprint density at radius 1 is 1.14 bits per heavy atom. The molecule has 3 N–H and O–H groups in total. The van der Waals surface area contributed by atoms with Gasteiger partial charge in [-0.25, -0.2) is 4.98 Å². The van der Waals surface area contributed by atoms with E-state index in [0.717, 1.165) is 36.7 Å². The zero-order valence-electron chi connectivity index (χ0n) is 15.8. The van der Waals surface area contributed by atoms with Crippen LogP contribution >= 0.6 is 0 Å². The lowest BCUT2D eigenvalue weighted by molar-refractivity contribution is -0.903. The predicted octanol–water partition coefficient (Wildman–Crippen LogP) is 0.973. The number of anilines is 1. The Morgan fingerprint density at radius 3 is 2.39 bits per heavy atom.